The predicted octanol–water partition coefficient (Wildman–Crippen LogP) is 2.11. The lowest BCUT2D eigenvalue weighted by molar-refractivity contribution is -0.121. The summed E-state index contributed by atoms with van der Waals surface area (Å²) in [5.74, 6) is 1.21. The molecule has 0 bridgehead atoms. The topological polar surface area (TPSA) is 56.7 Å². The van der Waals surface area contributed by atoms with Gasteiger partial charge in [-0.05, 0) is 43.9 Å². The Balaban J connectivity index is 0.00000176. The molecule has 3 aliphatic rings. The Bertz CT molecular complexity index is 418. The zero-order chi connectivity index (χ0) is 14.7. The molecule has 1 saturated heterocycles. The molecular weight excluding hydrogens is 391 g/mol. The maximum absolute atomic E-state index is 11.6. The number of hydrogen-bond acceptors (Lipinski definition) is 2. The van der Waals surface area contributed by atoms with Crippen LogP contribution in [0.4, 0.5) is 0 Å². The van der Waals surface area contributed by atoms with Gasteiger partial charge in [0.2, 0.25) is 5.91 Å². The van der Waals surface area contributed by atoms with Crippen molar-refractivity contribution in [1.82, 2.24) is 15.5 Å². The molecule has 6 heteroatoms. The number of guanidine groups is 1. The highest BCUT2D eigenvalue weighted by atomic mass is 127. The van der Waals surface area contributed by atoms with Crippen LogP contribution in [0.3, 0.4) is 0 Å². The van der Waals surface area contributed by atoms with Crippen molar-refractivity contribution < 1.29 is 4.79 Å². The quantitative estimate of drug-likeness (QED) is 0.310. The van der Waals surface area contributed by atoms with Gasteiger partial charge in [-0.25, -0.2) is 0 Å². The summed E-state index contributed by atoms with van der Waals surface area (Å²) in [4.78, 5) is 18.4. The molecule has 22 heavy (non-hydrogen) atoms. The van der Waals surface area contributed by atoms with Crippen LogP contribution in [0.2, 0.25) is 0 Å². The third-order valence-corrected chi connectivity index (χ3v) is 5.17. The molecule has 0 aromatic carbocycles. The Hall–Kier alpha value is -0.530. The van der Waals surface area contributed by atoms with Crippen LogP contribution in [0.1, 0.15) is 51.4 Å². The van der Waals surface area contributed by atoms with E-state index in [9.17, 15) is 4.79 Å². The average molecular weight is 420 g/mol. The number of aliphatic imine (C=N–C) groups is 1. The van der Waals surface area contributed by atoms with Crippen molar-refractivity contribution in [2.45, 2.75) is 57.4 Å². The summed E-state index contributed by atoms with van der Waals surface area (Å²) in [5.41, 5.74) is 0.599. The molecule has 0 atom stereocenters. The molecule has 1 amide bonds. The molecule has 2 aliphatic carbocycles. The van der Waals surface area contributed by atoms with Gasteiger partial charge in [0.05, 0.1) is 0 Å². The zero-order valence-electron chi connectivity index (χ0n) is 13.6. The van der Waals surface area contributed by atoms with E-state index in [2.05, 4.69) is 20.5 Å². The Morgan fingerprint density at radius 3 is 2.64 bits per heavy atom. The maximum Gasteiger partial charge on any atom is 0.220 e. The van der Waals surface area contributed by atoms with Gasteiger partial charge in [0.1, 0.15) is 0 Å². The lowest BCUT2D eigenvalue weighted by atomic mass is 9.68. The van der Waals surface area contributed by atoms with Gasteiger partial charge >= 0.3 is 0 Å². The molecule has 1 heterocycles. The smallest absolute Gasteiger partial charge is 0.220 e. The molecular formula is C16H29IN4O. The minimum absolute atomic E-state index is 0. The van der Waals surface area contributed by atoms with Gasteiger partial charge in [0.15, 0.2) is 5.96 Å². The fourth-order valence-electron chi connectivity index (χ4n) is 3.51. The first kappa shape index (κ1) is 17.8. The highest BCUT2D eigenvalue weighted by molar-refractivity contribution is 14.0. The molecule has 0 unspecified atom stereocenters. The SMILES string of the molecule is CN=C(NCCCC(=O)NC1CC1)N1CCC2(CCC2)C1.I. The lowest BCUT2D eigenvalue weighted by Gasteiger charge is -2.38. The lowest BCUT2D eigenvalue weighted by Crippen LogP contribution is -2.43. The zero-order valence-corrected chi connectivity index (χ0v) is 15.9. The third kappa shape index (κ3) is 4.49. The van der Waals surface area contributed by atoms with Crippen LogP contribution < -0.4 is 10.6 Å². The standard InChI is InChI=1S/C16H28N4O.HI/c1-17-15(20-11-9-16(12-20)7-3-8-16)18-10-2-4-14(21)19-13-5-6-13;/h13H,2-12H2,1H3,(H,17,18)(H,19,21);1H. The number of carbonyl (C=O) groups excluding carboxylic acids is 1. The van der Waals surface area contributed by atoms with Crippen molar-refractivity contribution in [1.29, 1.82) is 0 Å². The second-order valence-corrected chi connectivity index (χ2v) is 6.94. The van der Waals surface area contributed by atoms with Crippen molar-refractivity contribution in [3.8, 4) is 0 Å². The molecule has 0 aromatic heterocycles. The highest BCUT2D eigenvalue weighted by Crippen LogP contribution is 2.47. The summed E-state index contributed by atoms with van der Waals surface area (Å²) >= 11 is 0. The second-order valence-electron chi connectivity index (χ2n) is 6.94. The Labute approximate surface area is 150 Å². The van der Waals surface area contributed by atoms with Crippen LogP contribution in [0.5, 0.6) is 0 Å². The Morgan fingerprint density at radius 1 is 1.32 bits per heavy atom. The van der Waals surface area contributed by atoms with Crippen LogP contribution >= 0.6 is 24.0 Å². The first-order chi connectivity index (χ1) is 10.2. The number of rotatable bonds is 5. The first-order valence-corrected chi connectivity index (χ1v) is 8.46. The molecule has 126 valence electrons. The van der Waals surface area contributed by atoms with E-state index in [1.165, 1.54) is 25.7 Å². The number of halogens is 1. The van der Waals surface area contributed by atoms with Gasteiger partial charge in [-0.1, -0.05) is 6.42 Å². The van der Waals surface area contributed by atoms with Crippen molar-refractivity contribution in [3.63, 3.8) is 0 Å². The molecule has 0 aromatic rings. The van der Waals surface area contributed by atoms with Gasteiger partial charge in [0.25, 0.3) is 0 Å². The van der Waals surface area contributed by atoms with Crippen LogP contribution in [-0.4, -0.2) is 49.5 Å². The van der Waals surface area contributed by atoms with E-state index in [1.54, 1.807) is 0 Å². The summed E-state index contributed by atoms with van der Waals surface area (Å²) in [6.45, 7) is 3.12. The van der Waals surface area contributed by atoms with Crippen molar-refractivity contribution in [3.05, 3.63) is 0 Å². The van der Waals surface area contributed by atoms with Gasteiger partial charge in [-0.3, -0.25) is 9.79 Å². The molecule has 3 rings (SSSR count). The van der Waals surface area contributed by atoms with Crippen molar-refractivity contribution >= 4 is 35.8 Å². The molecule has 2 saturated carbocycles. The number of nitrogens with one attached hydrogen (secondary N) is 2. The number of hydrogen-bond donors (Lipinski definition) is 2. The van der Waals surface area contributed by atoms with E-state index >= 15 is 0 Å². The fourth-order valence-corrected chi connectivity index (χ4v) is 3.51. The van der Waals surface area contributed by atoms with Crippen LogP contribution in [0.15, 0.2) is 4.99 Å². The minimum Gasteiger partial charge on any atom is -0.356 e. The van der Waals surface area contributed by atoms with E-state index in [0.29, 0.717) is 17.9 Å². The highest BCUT2D eigenvalue weighted by Gasteiger charge is 2.43. The monoisotopic (exact) mass is 420 g/mol. The first-order valence-electron chi connectivity index (χ1n) is 8.46. The van der Waals surface area contributed by atoms with Crippen LogP contribution in [0.25, 0.3) is 0 Å². The van der Waals surface area contributed by atoms with E-state index in [1.807, 2.05) is 7.05 Å². The predicted molar refractivity (Wildman–Crippen MR) is 99.6 cm³/mol. The molecule has 3 fully saturated rings. The molecule has 5 nitrogen and oxygen atoms in total. The molecule has 1 aliphatic heterocycles. The second kappa shape index (κ2) is 7.84. The number of amides is 1. The maximum atomic E-state index is 11.6. The number of likely N-dealkylation sites (tertiary alicyclic amines) is 1. The molecule has 2 N–H and O–H groups in total. The average Bonchev–Trinajstić information content (AvgIpc) is 3.12. The van der Waals surface area contributed by atoms with E-state index in [0.717, 1.165) is 44.9 Å². The largest absolute Gasteiger partial charge is 0.356 e. The van der Waals surface area contributed by atoms with E-state index < -0.39 is 0 Å². The summed E-state index contributed by atoms with van der Waals surface area (Å²) < 4.78 is 0. The summed E-state index contributed by atoms with van der Waals surface area (Å²) in [7, 11) is 1.86. The summed E-state index contributed by atoms with van der Waals surface area (Å²) in [5, 5.41) is 6.45. The Morgan fingerprint density at radius 2 is 2.09 bits per heavy atom. The Kier molecular flexibility index (Phi) is 6.35. The van der Waals surface area contributed by atoms with Crippen LogP contribution in [-0.2, 0) is 4.79 Å². The normalized spacial score (nSPS) is 23.0. The molecule has 1 spiro atoms. The van der Waals surface area contributed by atoms with Gasteiger partial charge in [-0.2, -0.15) is 0 Å². The number of nitrogens with zero attached hydrogens (tertiary/aromatic N) is 2. The molecule has 0 radical (unpaired) electrons. The van der Waals surface area contributed by atoms with E-state index in [-0.39, 0.29) is 29.9 Å². The third-order valence-electron chi connectivity index (χ3n) is 5.17. The van der Waals surface area contributed by atoms with Gasteiger partial charge < -0.3 is 15.5 Å². The van der Waals surface area contributed by atoms with E-state index in [4.69, 9.17) is 0 Å². The summed E-state index contributed by atoms with van der Waals surface area (Å²) in [6, 6.07) is 0.474. The summed E-state index contributed by atoms with van der Waals surface area (Å²) in [6.07, 6.45) is 9.30. The fraction of sp³-hybridized carbons (Fsp3) is 0.875. The number of carbonyl (C=O) groups is 1. The van der Waals surface area contributed by atoms with Crippen LogP contribution in [0, 0.1) is 5.41 Å². The van der Waals surface area contributed by atoms with Gasteiger partial charge in [-0.15, -0.1) is 24.0 Å². The van der Waals surface area contributed by atoms with Gasteiger partial charge in [0, 0.05) is 39.1 Å². The van der Waals surface area contributed by atoms with Crippen molar-refractivity contribution in [2.24, 2.45) is 10.4 Å². The minimum atomic E-state index is 0. The van der Waals surface area contributed by atoms with Crippen molar-refractivity contribution in [2.75, 3.05) is 26.7 Å².